The summed E-state index contributed by atoms with van der Waals surface area (Å²) in [4.78, 5) is 25.5. The summed E-state index contributed by atoms with van der Waals surface area (Å²) in [5, 5.41) is 8.81. The quantitative estimate of drug-likeness (QED) is 0.291. The second kappa shape index (κ2) is 14.6. The minimum Gasteiger partial charge on any atom is -0.492 e. The molecule has 2 aromatic rings. The Morgan fingerprint density at radius 2 is 1.29 bits per heavy atom. The van der Waals surface area contributed by atoms with Gasteiger partial charge in [-0.1, -0.05) is 24.3 Å². The largest absolute Gasteiger partial charge is 0.492 e. The minimum atomic E-state index is -0.795. The van der Waals surface area contributed by atoms with Gasteiger partial charge in [0, 0.05) is 24.0 Å². The Balaban J connectivity index is 0.000000658. The third-order valence-electron chi connectivity index (χ3n) is 4.90. The van der Waals surface area contributed by atoms with Crippen molar-refractivity contribution in [3.8, 4) is 23.0 Å². The van der Waals surface area contributed by atoms with Gasteiger partial charge in [0.05, 0.1) is 28.4 Å². The number of methoxy groups -OCH3 is 4. The van der Waals surface area contributed by atoms with Crippen molar-refractivity contribution < 1.29 is 43.2 Å². The number of carboxylic acids is 1. The maximum atomic E-state index is 10.7. The summed E-state index contributed by atoms with van der Waals surface area (Å²) in [6.07, 6.45) is 2.48. The molecule has 0 amide bonds. The highest BCUT2D eigenvalue weighted by molar-refractivity contribution is 6.50. The zero-order chi connectivity index (χ0) is 26.4. The highest BCUT2D eigenvalue weighted by Crippen LogP contribution is 2.49. The van der Waals surface area contributed by atoms with Crippen LogP contribution in [-0.4, -0.2) is 67.3 Å². The number of aliphatic carboxylic acids is 1. The van der Waals surface area contributed by atoms with Crippen molar-refractivity contribution in [2.75, 3.05) is 28.4 Å². The Labute approximate surface area is 203 Å². The van der Waals surface area contributed by atoms with E-state index in [2.05, 4.69) is 9.58 Å². The SMILES string of the molecule is COc1c(C)c(Cc2ccc(CCC(=O)O)cc2)c(OC)c(OC)c1OC.[N-]=[N+]=CC(=O)C=[N+]=[N-]. The van der Waals surface area contributed by atoms with Crippen LogP contribution in [0.15, 0.2) is 24.3 Å². The molecule has 0 atom stereocenters. The van der Waals surface area contributed by atoms with Gasteiger partial charge in [-0.25, -0.2) is 0 Å². The predicted octanol–water partition coefficient (Wildman–Crippen LogP) is 2.79. The molecular weight excluding hydrogens is 456 g/mol. The number of aryl methyl sites for hydroxylation is 1. The van der Waals surface area contributed by atoms with Gasteiger partial charge in [-0.3, -0.25) is 9.59 Å². The standard InChI is InChI=1S/C21H26O6.C3H2N4O/c1-13-16(12-15-8-6-14(7-9-15)10-11-17(22)23)19(25-3)21(27-5)20(26-4)18(13)24-2;4-6-1-3(8)2-7-5/h6-9H,10-12H2,1-5H3,(H,22,23);1-2H. The van der Waals surface area contributed by atoms with Crippen LogP contribution in [0.1, 0.15) is 28.7 Å². The molecule has 0 aliphatic heterocycles. The number of carbonyl (C=O) groups is 2. The molecule has 0 spiro atoms. The van der Waals surface area contributed by atoms with Gasteiger partial charge in [0.2, 0.25) is 11.5 Å². The lowest BCUT2D eigenvalue weighted by Crippen LogP contribution is -2.05. The lowest BCUT2D eigenvalue weighted by molar-refractivity contribution is -0.137. The second-order valence-corrected chi connectivity index (χ2v) is 7.02. The Morgan fingerprint density at radius 1 is 0.829 bits per heavy atom. The Bertz CT molecular complexity index is 1110. The van der Waals surface area contributed by atoms with Gasteiger partial charge < -0.3 is 35.1 Å². The molecule has 0 saturated carbocycles. The van der Waals surface area contributed by atoms with Gasteiger partial charge in [0.25, 0.3) is 0 Å². The van der Waals surface area contributed by atoms with E-state index in [1.165, 1.54) is 0 Å². The van der Waals surface area contributed by atoms with E-state index in [0.29, 0.717) is 48.3 Å². The topological polar surface area (TPSA) is 164 Å². The predicted molar refractivity (Wildman–Crippen MR) is 127 cm³/mol. The van der Waals surface area contributed by atoms with Crippen LogP contribution in [0, 0.1) is 6.92 Å². The van der Waals surface area contributed by atoms with E-state index >= 15 is 0 Å². The molecule has 35 heavy (non-hydrogen) atoms. The molecule has 0 bridgehead atoms. The van der Waals surface area contributed by atoms with Crippen LogP contribution in [0.2, 0.25) is 0 Å². The molecule has 0 aromatic heterocycles. The lowest BCUT2D eigenvalue weighted by Gasteiger charge is -2.21. The summed E-state index contributed by atoms with van der Waals surface area (Å²) in [6, 6.07) is 7.91. The van der Waals surface area contributed by atoms with Gasteiger partial charge in [0.15, 0.2) is 11.5 Å². The van der Waals surface area contributed by atoms with Crippen LogP contribution in [0.25, 0.3) is 11.1 Å². The van der Waals surface area contributed by atoms with Crippen LogP contribution in [0.3, 0.4) is 0 Å². The van der Waals surface area contributed by atoms with Crippen molar-refractivity contribution in [2.45, 2.75) is 26.2 Å². The molecule has 2 rings (SSSR count). The van der Waals surface area contributed by atoms with E-state index < -0.39 is 11.8 Å². The number of ether oxygens (including phenoxy) is 4. The first-order valence-electron chi connectivity index (χ1n) is 10.3. The Morgan fingerprint density at radius 3 is 1.71 bits per heavy atom. The van der Waals surface area contributed by atoms with E-state index in [9.17, 15) is 9.59 Å². The smallest absolute Gasteiger partial charge is 0.339 e. The molecule has 0 radical (unpaired) electrons. The third-order valence-corrected chi connectivity index (χ3v) is 4.90. The van der Waals surface area contributed by atoms with E-state index in [0.717, 1.165) is 22.3 Å². The summed E-state index contributed by atoms with van der Waals surface area (Å²) in [5.74, 6) is 0.760. The molecule has 0 heterocycles. The molecule has 0 aliphatic carbocycles. The monoisotopic (exact) mass is 484 g/mol. The molecule has 0 unspecified atom stereocenters. The lowest BCUT2D eigenvalue weighted by atomic mass is 9.96. The van der Waals surface area contributed by atoms with E-state index in [1.54, 1.807) is 28.4 Å². The summed E-state index contributed by atoms with van der Waals surface area (Å²) in [7, 11) is 6.32. The van der Waals surface area contributed by atoms with Crippen molar-refractivity contribution in [2.24, 2.45) is 0 Å². The number of Topliss-reactive ketones (excluding diaryl/α,β-unsaturated/α-hetero) is 1. The van der Waals surface area contributed by atoms with Crippen molar-refractivity contribution >= 4 is 24.2 Å². The zero-order valence-corrected chi connectivity index (χ0v) is 20.3. The Kier molecular flexibility index (Phi) is 12.0. The number of carboxylic acid groups (broad SMARTS) is 1. The molecule has 186 valence electrons. The van der Waals surface area contributed by atoms with Gasteiger partial charge in [-0.15, -0.1) is 0 Å². The summed E-state index contributed by atoms with van der Waals surface area (Å²) < 4.78 is 22.2. The zero-order valence-electron chi connectivity index (χ0n) is 20.3. The summed E-state index contributed by atoms with van der Waals surface area (Å²) in [5.41, 5.74) is 19.3. The molecule has 0 aliphatic rings. The third kappa shape index (κ3) is 8.12. The van der Waals surface area contributed by atoms with E-state index in [1.807, 2.05) is 31.2 Å². The molecule has 1 N–H and O–H groups in total. The molecular formula is C24H28N4O7. The molecule has 0 fully saturated rings. The van der Waals surface area contributed by atoms with Gasteiger partial charge in [0.1, 0.15) is 0 Å². The Hall–Kier alpha value is -4.46. The molecule has 0 saturated heterocycles. The average molecular weight is 485 g/mol. The van der Waals surface area contributed by atoms with Crippen LogP contribution in [0.5, 0.6) is 23.0 Å². The highest BCUT2D eigenvalue weighted by atomic mass is 16.5. The number of carbonyl (C=O) groups excluding carboxylic acids is 1. The van der Waals surface area contributed by atoms with E-state index in [4.69, 9.17) is 35.1 Å². The van der Waals surface area contributed by atoms with Crippen molar-refractivity contribution in [1.82, 2.24) is 0 Å². The number of rotatable bonds is 11. The number of nitrogens with zero attached hydrogens (tertiary/aromatic N) is 4. The fourth-order valence-corrected chi connectivity index (χ4v) is 3.29. The van der Waals surface area contributed by atoms with Crippen LogP contribution >= 0.6 is 0 Å². The molecule has 2 aromatic carbocycles. The summed E-state index contributed by atoms with van der Waals surface area (Å²) in [6.45, 7) is 1.96. The number of ketones is 1. The van der Waals surface area contributed by atoms with Gasteiger partial charge >= 0.3 is 24.2 Å². The normalized spacial score (nSPS) is 9.40. The maximum Gasteiger partial charge on any atom is 0.339 e. The van der Waals surface area contributed by atoms with Crippen molar-refractivity contribution in [3.05, 3.63) is 57.6 Å². The van der Waals surface area contributed by atoms with Crippen molar-refractivity contribution in [3.63, 3.8) is 0 Å². The van der Waals surface area contributed by atoms with Gasteiger partial charge in [-0.05, 0) is 24.5 Å². The van der Waals surface area contributed by atoms with E-state index in [-0.39, 0.29) is 6.42 Å². The number of hydrogen-bond donors (Lipinski definition) is 1. The number of hydrogen-bond acceptors (Lipinski definition) is 6. The first-order chi connectivity index (χ1) is 16.8. The van der Waals surface area contributed by atoms with Crippen LogP contribution in [0.4, 0.5) is 0 Å². The first-order valence-corrected chi connectivity index (χ1v) is 10.3. The maximum absolute atomic E-state index is 10.7. The fraction of sp³-hybridized carbons (Fsp3) is 0.333. The van der Waals surface area contributed by atoms with Crippen LogP contribution in [-0.2, 0) is 22.4 Å². The van der Waals surface area contributed by atoms with Crippen LogP contribution < -0.4 is 18.9 Å². The summed E-state index contributed by atoms with van der Waals surface area (Å²) >= 11 is 0. The highest BCUT2D eigenvalue weighted by Gasteiger charge is 2.25. The second-order valence-electron chi connectivity index (χ2n) is 7.02. The van der Waals surface area contributed by atoms with Crippen molar-refractivity contribution in [1.29, 1.82) is 0 Å². The minimum absolute atomic E-state index is 0.124. The average Bonchev–Trinajstić information content (AvgIpc) is 2.84. The molecule has 11 nitrogen and oxygen atoms in total. The number of benzene rings is 2. The fourth-order valence-electron chi connectivity index (χ4n) is 3.29. The molecule has 11 heteroatoms. The van der Waals surface area contributed by atoms with Gasteiger partial charge in [-0.2, -0.15) is 9.58 Å². The first kappa shape index (κ1) is 28.6.